The van der Waals surface area contributed by atoms with Crippen molar-refractivity contribution in [1.82, 2.24) is 9.88 Å². The van der Waals surface area contributed by atoms with Gasteiger partial charge >= 0.3 is 6.18 Å². The minimum atomic E-state index is -4.60. The maximum atomic E-state index is 13.5. The lowest BCUT2D eigenvalue weighted by molar-refractivity contribution is -0.141. The van der Waals surface area contributed by atoms with Gasteiger partial charge in [-0.15, -0.1) is 0 Å². The van der Waals surface area contributed by atoms with Gasteiger partial charge in [-0.3, -0.25) is 4.79 Å². The summed E-state index contributed by atoms with van der Waals surface area (Å²) in [6, 6.07) is 9.33. The van der Waals surface area contributed by atoms with Gasteiger partial charge in [0.25, 0.3) is 5.91 Å². The minimum absolute atomic E-state index is 0.130. The van der Waals surface area contributed by atoms with E-state index in [-0.39, 0.29) is 18.7 Å². The summed E-state index contributed by atoms with van der Waals surface area (Å²) >= 11 is 0. The highest BCUT2D eigenvalue weighted by Gasteiger charge is 2.52. The molecular weight excluding hydrogens is 383 g/mol. The summed E-state index contributed by atoms with van der Waals surface area (Å²) < 4.78 is 46.2. The molecule has 1 spiro atoms. The molecule has 0 unspecified atom stereocenters. The average molecular weight is 401 g/mol. The Morgan fingerprint density at radius 2 is 1.83 bits per heavy atom. The molecule has 8 heteroatoms. The van der Waals surface area contributed by atoms with E-state index in [9.17, 15) is 18.0 Å². The molecule has 1 aromatic heterocycles. The van der Waals surface area contributed by atoms with Gasteiger partial charge in [-0.1, -0.05) is 18.2 Å². The molecule has 0 N–H and O–H groups in total. The van der Waals surface area contributed by atoms with Crippen molar-refractivity contribution in [3.63, 3.8) is 0 Å². The summed E-state index contributed by atoms with van der Waals surface area (Å²) in [5.41, 5.74) is -1.22. The van der Waals surface area contributed by atoms with E-state index in [4.69, 9.17) is 4.74 Å². The molecule has 3 aliphatic rings. The van der Waals surface area contributed by atoms with Crippen LogP contribution < -0.4 is 4.74 Å². The number of rotatable bonds is 0. The van der Waals surface area contributed by atoms with Crippen molar-refractivity contribution in [2.75, 3.05) is 19.7 Å². The third-order valence-electron chi connectivity index (χ3n) is 5.89. The number of ether oxygens (including phenoxy) is 1. The Hall–Kier alpha value is -2.90. The number of likely N-dealkylation sites (tertiary alicyclic amines) is 1. The van der Waals surface area contributed by atoms with Crippen LogP contribution in [0.4, 0.5) is 13.2 Å². The van der Waals surface area contributed by atoms with Gasteiger partial charge < -0.3 is 9.64 Å². The van der Waals surface area contributed by atoms with Gasteiger partial charge in [0.05, 0.1) is 12.3 Å². The van der Waals surface area contributed by atoms with E-state index in [1.54, 1.807) is 24.3 Å². The molecule has 5 nitrogen and oxygen atoms in total. The summed E-state index contributed by atoms with van der Waals surface area (Å²) in [6.45, 7) is 1.65. The van der Waals surface area contributed by atoms with Crippen LogP contribution in [0.1, 0.15) is 41.8 Å². The topological polar surface area (TPSA) is 54.8 Å². The summed E-state index contributed by atoms with van der Waals surface area (Å²) in [6.07, 6.45) is -2.50. The van der Waals surface area contributed by atoms with E-state index in [0.717, 1.165) is 32.0 Å². The lowest BCUT2D eigenvalue weighted by Crippen LogP contribution is -2.48. The number of aromatic nitrogens is 1. The van der Waals surface area contributed by atoms with Crippen molar-refractivity contribution in [2.24, 2.45) is 4.99 Å². The van der Waals surface area contributed by atoms with Crippen LogP contribution in [-0.4, -0.2) is 41.3 Å². The second-order valence-corrected chi connectivity index (χ2v) is 7.53. The number of aliphatic imine (C=N–C) groups is 1. The summed E-state index contributed by atoms with van der Waals surface area (Å²) in [5.74, 6) is 0.435. The van der Waals surface area contributed by atoms with Gasteiger partial charge in [0.1, 0.15) is 22.7 Å². The largest absolute Gasteiger partial charge is 0.493 e. The number of hydrogen-bond acceptors (Lipinski definition) is 4. The fourth-order valence-corrected chi connectivity index (χ4v) is 4.51. The number of fused-ring (bicyclic) bond motifs is 4. The maximum Gasteiger partial charge on any atom is 0.433 e. The molecule has 1 amide bonds. The smallest absolute Gasteiger partial charge is 0.433 e. The summed E-state index contributed by atoms with van der Waals surface area (Å²) in [5, 5.41) is 0. The third-order valence-corrected chi connectivity index (χ3v) is 5.89. The molecule has 2 aromatic rings. The predicted octanol–water partition coefficient (Wildman–Crippen LogP) is 3.55. The SMILES string of the molecule is O=C1N=C(N2CCCC2)c2ccc(C(F)(F)F)nc2[C@]12CCOc1ccccc12. The van der Waals surface area contributed by atoms with Gasteiger partial charge in [-0.05, 0) is 31.0 Å². The van der Waals surface area contributed by atoms with Crippen LogP contribution in [-0.2, 0) is 16.4 Å². The van der Waals surface area contributed by atoms with Crippen molar-refractivity contribution in [3.8, 4) is 5.75 Å². The van der Waals surface area contributed by atoms with Crippen LogP contribution >= 0.6 is 0 Å². The molecule has 5 rings (SSSR count). The zero-order valence-corrected chi connectivity index (χ0v) is 15.5. The molecule has 1 saturated heterocycles. The van der Waals surface area contributed by atoms with Crippen LogP contribution in [0.2, 0.25) is 0 Å². The van der Waals surface area contributed by atoms with Crippen LogP contribution in [0.5, 0.6) is 5.75 Å². The number of halogens is 3. The molecule has 150 valence electrons. The second kappa shape index (κ2) is 6.30. The molecule has 3 aliphatic heterocycles. The Morgan fingerprint density at radius 1 is 1.07 bits per heavy atom. The van der Waals surface area contributed by atoms with Crippen LogP contribution in [0, 0.1) is 0 Å². The molecule has 1 aromatic carbocycles. The number of pyridine rings is 1. The Labute approximate surface area is 165 Å². The molecule has 1 atom stereocenters. The molecule has 0 bridgehead atoms. The zero-order valence-electron chi connectivity index (χ0n) is 15.5. The van der Waals surface area contributed by atoms with Crippen molar-refractivity contribution in [2.45, 2.75) is 30.9 Å². The third kappa shape index (κ3) is 2.65. The standard InChI is InChI=1S/C21H18F3N3O2/c22-21(23,24)16-8-7-13-17(25-16)20(9-12-29-15-6-2-1-5-14(15)20)19(28)26-18(13)27-10-3-4-11-27/h1-2,5-8H,3-4,9-12H2/t20-/m1/s1. The number of carbonyl (C=O) groups excluding carboxylic acids is 1. The van der Waals surface area contributed by atoms with Crippen LogP contribution in [0.3, 0.4) is 0 Å². The number of amidine groups is 1. The Balaban J connectivity index is 1.79. The Morgan fingerprint density at radius 3 is 2.59 bits per heavy atom. The fraction of sp³-hybridized carbons (Fsp3) is 0.381. The number of benzene rings is 1. The number of hydrogen-bond donors (Lipinski definition) is 0. The van der Waals surface area contributed by atoms with Crippen molar-refractivity contribution in [1.29, 1.82) is 0 Å². The summed E-state index contributed by atoms with van der Waals surface area (Å²) in [4.78, 5) is 23.8. The first kappa shape index (κ1) is 18.1. The number of nitrogens with zero attached hydrogens (tertiary/aromatic N) is 3. The van der Waals surface area contributed by atoms with Gasteiger partial charge in [-0.2, -0.15) is 18.2 Å². The average Bonchev–Trinajstić information content (AvgIpc) is 3.24. The number of amides is 1. The maximum absolute atomic E-state index is 13.5. The summed E-state index contributed by atoms with van der Waals surface area (Å²) in [7, 11) is 0. The van der Waals surface area contributed by atoms with E-state index in [2.05, 4.69) is 9.98 Å². The van der Waals surface area contributed by atoms with Crippen molar-refractivity contribution in [3.05, 3.63) is 58.9 Å². The Bertz CT molecular complexity index is 1030. The quantitative estimate of drug-likeness (QED) is 0.678. The number of para-hydroxylation sites is 1. The van der Waals surface area contributed by atoms with E-state index < -0.39 is 23.2 Å². The molecular formula is C21H18F3N3O2. The molecule has 0 saturated carbocycles. The minimum Gasteiger partial charge on any atom is -0.493 e. The molecule has 0 radical (unpaired) electrons. The van der Waals surface area contributed by atoms with E-state index in [1.807, 2.05) is 4.90 Å². The highest BCUT2D eigenvalue weighted by atomic mass is 19.4. The van der Waals surface area contributed by atoms with Gasteiger partial charge in [0, 0.05) is 30.6 Å². The number of alkyl halides is 3. The number of carbonyl (C=O) groups is 1. The van der Waals surface area contributed by atoms with Gasteiger partial charge in [-0.25, -0.2) is 4.98 Å². The van der Waals surface area contributed by atoms with Crippen LogP contribution in [0.15, 0.2) is 41.4 Å². The van der Waals surface area contributed by atoms with Gasteiger partial charge in [0.2, 0.25) is 0 Å². The highest BCUT2D eigenvalue weighted by molar-refractivity contribution is 6.13. The first-order chi connectivity index (χ1) is 13.9. The fourth-order valence-electron chi connectivity index (χ4n) is 4.51. The van der Waals surface area contributed by atoms with E-state index in [0.29, 0.717) is 22.7 Å². The van der Waals surface area contributed by atoms with E-state index in [1.165, 1.54) is 6.07 Å². The first-order valence-electron chi connectivity index (χ1n) is 9.61. The molecule has 4 heterocycles. The first-order valence-corrected chi connectivity index (χ1v) is 9.61. The lowest BCUT2D eigenvalue weighted by atomic mass is 9.69. The molecule has 29 heavy (non-hydrogen) atoms. The van der Waals surface area contributed by atoms with Crippen LogP contribution in [0.25, 0.3) is 0 Å². The highest BCUT2D eigenvalue weighted by Crippen LogP contribution is 2.48. The van der Waals surface area contributed by atoms with Crippen molar-refractivity contribution < 1.29 is 22.7 Å². The normalized spacial score (nSPS) is 23.5. The molecule has 1 fully saturated rings. The predicted molar refractivity (Wildman–Crippen MR) is 98.9 cm³/mol. The molecule has 0 aliphatic carbocycles. The lowest BCUT2D eigenvalue weighted by Gasteiger charge is -2.40. The monoisotopic (exact) mass is 401 g/mol. The Kier molecular flexibility index (Phi) is 3.94. The second-order valence-electron chi connectivity index (χ2n) is 7.53. The zero-order chi connectivity index (χ0) is 20.2. The van der Waals surface area contributed by atoms with Gasteiger partial charge in [0.15, 0.2) is 0 Å². The van der Waals surface area contributed by atoms with Crippen molar-refractivity contribution >= 4 is 11.7 Å². The van der Waals surface area contributed by atoms with E-state index >= 15 is 0 Å².